The SMILES string of the molecule is COC[C@@H](c1ccccc1)N1[C@H]([C@H](Br)[Si](C)(C)C)C[C@@H]1C(C)(C)C. The van der Waals surface area contributed by atoms with E-state index in [0.29, 0.717) is 22.6 Å². The number of methoxy groups -OCH3 is 1. The minimum atomic E-state index is -1.26. The first kappa shape index (κ1) is 20.2. The van der Waals surface area contributed by atoms with Crippen molar-refractivity contribution in [1.29, 1.82) is 0 Å². The molecule has 0 spiro atoms. The van der Waals surface area contributed by atoms with Crippen molar-refractivity contribution in [2.75, 3.05) is 13.7 Å². The monoisotopic (exact) mass is 411 g/mol. The molecule has 1 aliphatic rings. The van der Waals surface area contributed by atoms with Gasteiger partial charge in [0.25, 0.3) is 0 Å². The maximum absolute atomic E-state index is 5.64. The molecule has 2 rings (SSSR count). The molecule has 136 valence electrons. The molecule has 0 radical (unpaired) electrons. The lowest BCUT2D eigenvalue weighted by atomic mass is 9.74. The molecule has 0 unspecified atom stereocenters. The van der Waals surface area contributed by atoms with Crippen LogP contribution in [0.3, 0.4) is 0 Å². The number of alkyl halides is 1. The van der Waals surface area contributed by atoms with Crippen molar-refractivity contribution in [2.24, 2.45) is 5.41 Å². The molecule has 1 aromatic carbocycles. The van der Waals surface area contributed by atoms with Gasteiger partial charge < -0.3 is 4.74 Å². The van der Waals surface area contributed by atoms with Crippen molar-refractivity contribution in [2.45, 2.75) is 69.4 Å². The summed E-state index contributed by atoms with van der Waals surface area (Å²) in [4.78, 5) is 2.75. The number of ether oxygens (including phenoxy) is 1. The highest BCUT2D eigenvalue weighted by molar-refractivity contribution is 9.10. The quantitative estimate of drug-likeness (QED) is 0.452. The van der Waals surface area contributed by atoms with E-state index >= 15 is 0 Å². The van der Waals surface area contributed by atoms with Gasteiger partial charge in [-0.3, -0.25) is 4.90 Å². The molecule has 0 amide bonds. The molecule has 0 aromatic heterocycles. The number of rotatable bonds is 6. The highest BCUT2D eigenvalue weighted by Gasteiger charge is 2.52. The molecule has 0 bridgehead atoms. The Labute approximate surface area is 158 Å². The molecule has 0 N–H and O–H groups in total. The van der Waals surface area contributed by atoms with Crippen LogP contribution in [0.25, 0.3) is 0 Å². The second-order valence-electron chi connectivity index (χ2n) is 9.28. The van der Waals surface area contributed by atoms with E-state index in [1.165, 1.54) is 12.0 Å². The molecule has 0 aliphatic carbocycles. The smallest absolute Gasteiger partial charge is 0.0660 e. The van der Waals surface area contributed by atoms with Crippen LogP contribution in [0, 0.1) is 5.41 Å². The maximum atomic E-state index is 5.64. The van der Waals surface area contributed by atoms with Gasteiger partial charge in [-0.25, -0.2) is 0 Å². The Hall–Kier alpha value is -0.163. The van der Waals surface area contributed by atoms with E-state index in [1.807, 2.05) is 7.11 Å². The summed E-state index contributed by atoms with van der Waals surface area (Å²) >= 11 is 4.08. The summed E-state index contributed by atoms with van der Waals surface area (Å²) in [5, 5.41) is 0. The van der Waals surface area contributed by atoms with Crippen LogP contribution in [0.4, 0.5) is 0 Å². The number of hydrogen-bond donors (Lipinski definition) is 0. The summed E-state index contributed by atoms with van der Waals surface area (Å²) in [6.07, 6.45) is 1.27. The van der Waals surface area contributed by atoms with Crippen LogP contribution in [0.15, 0.2) is 30.3 Å². The number of halogens is 1. The summed E-state index contributed by atoms with van der Waals surface area (Å²) in [6, 6.07) is 12.4. The topological polar surface area (TPSA) is 12.5 Å². The van der Waals surface area contributed by atoms with Crippen molar-refractivity contribution in [3.05, 3.63) is 35.9 Å². The molecule has 1 fully saturated rings. The minimum absolute atomic E-state index is 0.281. The van der Waals surface area contributed by atoms with Crippen LogP contribution in [0.1, 0.15) is 38.8 Å². The fourth-order valence-electron chi connectivity index (χ4n) is 3.85. The lowest BCUT2D eigenvalue weighted by molar-refractivity contribution is -0.0897. The Morgan fingerprint density at radius 1 is 1.21 bits per heavy atom. The van der Waals surface area contributed by atoms with Crippen molar-refractivity contribution in [1.82, 2.24) is 4.90 Å². The molecule has 2 nitrogen and oxygen atoms in total. The lowest BCUT2D eigenvalue weighted by Crippen LogP contribution is -2.68. The highest BCUT2D eigenvalue weighted by Crippen LogP contribution is 2.47. The zero-order valence-corrected chi connectivity index (χ0v) is 18.9. The molecule has 0 saturated carbocycles. The molecule has 1 aliphatic heterocycles. The van der Waals surface area contributed by atoms with Crippen molar-refractivity contribution in [3.63, 3.8) is 0 Å². The average Bonchev–Trinajstić information content (AvgIpc) is 2.44. The van der Waals surface area contributed by atoms with E-state index < -0.39 is 8.07 Å². The summed E-state index contributed by atoms with van der Waals surface area (Å²) in [6.45, 7) is 15.2. The second kappa shape index (κ2) is 7.61. The van der Waals surface area contributed by atoms with Crippen LogP contribution in [0.5, 0.6) is 0 Å². The van der Waals surface area contributed by atoms with Gasteiger partial charge in [-0.05, 0) is 17.4 Å². The first-order valence-electron chi connectivity index (χ1n) is 9.02. The van der Waals surface area contributed by atoms with Crippen LogP contribution in [-0.4, -0.2) is 43.2 Å². The largest absolute Gasteiger partial charge is 0.383 e. The minimum Gasteiger partial charge on any atom is -0.383 e. The molecular weight excluding hydrogens is 378 g/mol. The van der Waals surface area contributed by atoms with Gasteiger partial charge in [0.15, 0.2) is 0 Å². The number of hydrogen-bond acceptors (Lipinski definition) is 2. The molecule has 1 saturated heterocycles. The third-order valence-corrected chi connectivity index (χ3v) is 12.0. The Morgan fingerprint density at radius 2 is 1.79 bits per heavy atom. The van der Waals surface area contributed by atoms with E-state index in [4.69, 9.17) is 4.74 Å². The Bertz CT molecular complexity index is 523. The van der Waals surface area contributed by atoms with Crippen LogP contribution >= 0.6 is 15.9 Å². The van der Waals surface area contributed by atoms with Gasteiger partial charge in [-0.2, -0.15) is 0 Å². The molecular formula is C20H34BrNOSi. The zero-order valence-electron chi connectivity index (χ0n) is 16.3. The normalized spacial score (nSPS) is 25.2. The number of benzene rings is 1. The second-order valence-corrected chi connectivity index (χ2v) is 16.5. The molecule has 1 aromatic rings. The van der Waals surface area contributed by atoms with Crippen molar-refractivity contribution < 1.29 is 4.74 Å². The van der Waals surface area contributed by atoms with E-state index in [1.54, 1.807) is 0 Å². The van der Waals surface area contributed by atoms with Gasteiger partial charge in [0.05, 0.1) is 20.7 Å². The zero-order chi connectivity index (χ0) is 18.1. The molecule has 1 heterocycles. The van der Waals surface area contributed by atoms with E-state index in [9.17, 15) is 0 Å². The number of nitrogens with zero attached hydrogens (tertiary/aromatic N) is 1. The predicted octanol–water partition coefficient (Wildman–Crippen LogP) is 5.50. The third-order valence-electron chi connectivity index (χ3n) is 5.24. The van der Waals surface area contributed by atoms with Gasteiger partial charge in [0, 0.05) is 23.6 Å². The van der Waals surface area contributed by atoms with Crippen molar-refractivity contribution in [3.8, 4) is 0 Å². The number of likely N-dealkylation sites (tertiary alicyclic amines) is 1. The standard InChI is InChI=1S/C20H34BrNOSi/c1-20(2,3)18-13-16(19(21)24(5,6)7)22(18)17(14-23-4)15-11-9-8-10-12-15/h8-12,16-19H,13-14H2,1-7H3/t16-,17-,18+,19+/m0/s1. The van der Waals surface area contributed by atoms with Gasteiger partial charge in [-0.15, -0.1) is 0 Å². The van der Waals surface area contributed by atoms with Gasteiger partial charge >= 0.3 is 0 Å². The van der Waals surface area contributed by atoms with Crippen LogP contribution < -0.4 is 0 Å². The van der Waals surface area contributed by atoms with E-state index in [0.717, 1.165) is 6.61 Å². The Kier molecular flexibility index (Phi) is 6.39. The predicted molar refractivity (Wildman–Crippen MR) is 111 cm³/mol. The van der Waals surface area contributed by atoms with Crippen molar-refractivity contribution >= 4 is 24.0 Å². The van der Waals surface area contributed by atoms with E-state index in [2.05, 4.69) is 91.6 Å². The maximum Gasteiger partial charge on any atom is 0.0660 e. The van der Waals surface area contributed by atoms with Gasteiger partial charge in [-0.1, -0.05) is 86.7 Å². The molecule has 4 atom stereocenters. The third kappa shape index (κ3) is 4.32. The summed E-state index contributed by atoms with van der Waals surface area (Å²) in [5.41, 5.74) is 1.65. The first-order chi connectivity index (χ1) is 11.1. The summed E-state index contributed by atoms with van der Waals surface area (Å²) < 4.78 is 6.25. The fourth-order valence-corrected chi connectivity index (χ4v) is 5.80. The van der Waals surface area contributed by atoms with Crippen LogP contribution in [0.2, 0.25) is 19.6 Å². The van der Waals surface area contributed by atoms with Gasteiger partial charge in [0.2, 0.25) is 0 Å². The van der Waals surface area contributed by atoms with Crippen LogP contribution in [-0.2, 0) is 4.74 Å². The Morgan fingerprint density at radius 3 is 2.25 bits per heavy atom. The van der Waals surface area contributed by atoms with Gasteiger partial charge in [0.1, 0.15) is 0 Å². The summed E-state index contributed by atoms with van der Waals surface area (Å²) in [7, 11) is 0.561. The lowest BCUT2D eigenvalue weighted by Gasteiger charge is -2.60. The Balaban J connectivity index is 2.36. The highest BCUT2D eigenvalue weighted by atomic mass is 79.9. The summed E-state index contributed by atoms with van der Waals surface area (Å²) in [5.74, 6) is 0. The van der Waals surface area contributed by atoms with E-state index in [-0.39, 0.29) is 5.41 Å². The average molecular weight is 412 g/mol. The molecule has 24 heavy (non-hydrogen) atoms. The first-order valence-corrected chi connectivity index (χ1v) is 13.5. The fraction of sp³-hybridized carbons (Fsp3) is 0.700. The molecule has 4 heteroatoms.